The van der Waals surface area contributed by atoms with Crippen molar-refractivity contribution in [3.63, 3.8) is 0 Å². The molecule has 0 aromatic heterocycles. The molecule has 0 radical (unpaired) electrons. The fourth-order valence-corrected chi connectivity index (χ4v) is 3.70. The van der Waals surface area contributed by atoms with E-state index in [2.05, 4.69) is 5.32 Å². The minimum atomic E-state index is -3.58. The van der Waals surface area contributed by atoms with Crippen molar-refractivity contribution in [2.75, 3.05) is 30.1 Å². The molecule has 1 N–H and O–H groups in total. The van der Waals surface area contributed by atoms with Gasteiger partial charge in [0.25, 0.3) is 5.69 Å². The molecule has 0 aliphatic heterocycles. The van der Waals surface area contributed by atoms with Crippen LogP contribution in [0.1, 0.15) is 16.7 Å². The molecule has 2 aromatic rings. The number of hydrogen-bond acceptors (Lipinski definition) is 6. The normalized spacial score (nSPS) is 11.2. The van der Waals surface area contributed by atoms with Gasteiger partial charge in [-0.3, -0.25) is 14.9 Å². The number of benzene rings is 2. The Kier molecular flexibility index (Phi) is 6.08. The zero-order chi connectivity index (χ0) is 21.2. The maximum Gasteiger partial charge on any atom is 0.293 e. The first kappa shape index (κ1) is 21.4. The number of aryl methyl sites for hydroxylation is 3. The van der Waals surface area contributed by atoms with Gasteiger partial charge < -0.3 is 10.2 Å². The Balaban J connectivity index is 2.26. The Hall–Kier alpha value is -2.94. The highest BCUT2D eigenvalue weighted by molar-refractivity contribution is 7.90. The summed E-state index contributed by atoms with van der Waals surface area (Å²) >= 11 is 0. The number of nitro benzene ring substituents is 1. The number of carbonyl (C=O) groups is 1. The van der Waals surface area contributed by atoms with E-state index >= 15 is 0 Å². The minimum absolute atomic E-state index is 0.133. The summed E-state index contributed by atoms with van der Waals surface area (Å²) in [5, 5.41) is 14.2. The number of carbonyl (C=O) groups excluding carboxylic acids is 1. The number of nitrogens with zero attached hydrogens (tertiary/aromatic N) is 2. The fraction of sp³-hybridized carbons (Fsp3) is 0.316. The summed E-state index contributed by atoms with van der Waals surface area (Å²) in [6.07, 6.45) is 0.981. The monoisotopic (exact) mass is 405 g/mol. The quantitative estimate of drug-likeness (QED) is 0.584. The molecule has 0 bridgehead atoms. The summed E-state index contributed by atoms with van der Waals surface area (Å²) in [6.45, 7) is 5.63. The van der Waals surface area contributed by atoms with Crippen LogP contribution in [0.3, 0.4) is 0 Å². The molecule has 2 rings (SSSR count). The zero-order valence-corrected chi connectivity index (χ0v) is 17.3. The summed E-state index contributed by atoms with van der Waals surface area (Å²) < 4.78 is 23.3. The topological polar surface area (TPSA) is 110 Å². The molecular formula is C19H23N3O5S. The third-order valence-corrected chi connectivity index (χ3v) is 5.42. The van der Waals surface area contributed by atoms with Gasteiger partial charge in [0.05, 0.1) is 16.4 Å². The Morgan fingerprint density at radius 2 is 1.71 bits per heavy atom. The van der Waals surface area contributed by atoms with Crippen LogP contribution < -0.4 is 10.2 Å². The van der Waals surface area contributed by atoms with Crippen LogP contribution in [0.25, 0.3) is 0 Å². The number of nitrogens with one attached hydrogen (secondary N) is 1. The molecule has 0 saturated carbocycles. The minimum Gasteiger partial charge on any atom is -0.360 e. The first-order chi connectivity index (χ1) is 12.9. The number of sulfone groups is 1. The van der Waals surface area contributed by atoms with E-state index in [0.29, 0.717) is 5.69 Å². The lowest BCUT2D eigenvalue weighted by atomic mass is 10.1. The van der Waals surface area contributed by atoms with E-state index in [-0.39, 0.29) is 28.7 Å². The first-order valence-corrected chi connectivity index (χ1v) is 10.4. The molecule has 0 unspecified atom stereocenters. The lowest BCUT2D eigenvalue weighted by Gasteiger charge is -2.20. The van der Waals surface area contributed by atoms with Crippen LogP contribution in [0.4, 0.5) is 17.1 Å². The zero-order valence-electron chi connectivity index (χ0n) is 16.4. The summed E-state index contributed by atoms with van der Waals surface area (Å²) in [5.41, 5.74) is 3.44. The Bertz CT molecular complexity index is 1020. The standard InChI is InChI=1S/C19H23N3O5S/c1-12-8-13(2)19(14(3)9-12)20-18(23)11-21(4)16-7-6-15(28(5,26)27)10-17(16)22(24)25/h6-10H,11H2,1-5H3,(H,20,23). The summed E-state index contributed by atoms with van der Waals surface area (Å²) in [5.74, 6) is -0.334. The second-order valence-electron chi connectivity index (χ2n) is 6.86. The summed E-state index contributed by atoms with van der Waals surface area (Å²) in [4.78, 5) is 24.5. The Morgan fingerprint density at radius 3 is 2.21 bits per heavy atom. The van der Waals surface area contributed by atoms with E-state index in [9.17, 15) is 23.3 Å². The number of amides is 1. The van der Waals surface area contributed by atoms with Crippen LogP contribution in [-0.2, 0) is 14.6 Å². The predicted molar refractivity (Wildman–Crippen MR) is 109 cm³/mol. The fourth-order valence-electron chi connectivity index (χ4n) is 3.06. The van der Waals surface area contributed by atoms with Gasteiger partial charge in [0.2, 0.25) is 5.91 Å². The van der Waals surface area contributed by atoms with Crippen LogP contribution in [0, 0.1) is 30.9 Å². The van der Waals surface area contributed by atoms with E-state index in [0.717, 1.165) is 29.0 Å². The van der Waals surface area contributed by atoms with E-state index in [4.69, 9.17) is 0 Å². The third-order valence-electron chi connectivity index (χ3n) is 4.31. The number of hydrogen-bond donors (Lipinski definition) is 1. The van der Waals surface area contributed by atoms with Crippen molar-refractivity contribution >= 4 is 32.8 Å². The van der Waals surface area contributed by atoms with Crippen molar-refractivity contribution in [3.05, 3.63) is 57.1 Å². The molecule has 0 aliphatic carbocycles. The molecule has 0 atom stereocenters. The molecule has 0 saturated heterocycles. The van der Waals surface area contributed by atoms with Crippen molar-refractivity contribution in [1.82, 2.24) is 0 Å². The van der Waals surface area contributed by atoms with Crippen molar-refractivity contribution in [3.8, 4) is 0 Å². The van der Waals surface area contributed by atoms with E-state index in [1.807, 2.05) is 32.9 Å². The van der Waals surface area contributed by atoms with Gasteiger partial charge in [0.15, 0.2) is 9.84 Å². The highest BCUT2D eigenvalue weighted by Gasteiger charge is 2.22. The molecule has 0 heterocycles. The average molecular weight is 405 g/mol. The number of likely N-dealkylation sites (N-methyl/N-ethyl adjacent to an activating group) is 1. The van der Waals surface area contributed by atoms with E-state index in [1.54, 1.807) is 0 Å². The maximum atomic E-state index is 12.5. The van der Waals surface area contributed by atoms with Gasteiger partial charge >= 0.3 is 0 Å². The number of nitro groups is 1. The van der Waals surface area contributed by atoms with Gasteiger partial charge in [0, 0.05) is 25.1 Å². The first-order valence-electron chi connectivity index (χ1n) is 8.47. The van der Waals surface area contributed by atoms with Gasteiger partial charge in [-0.15, -0.1) is 0 Å². The Morgan fingerprint density at radius 1 is 1.14 bits per heavy atom. The van der Waals surface area contributed by atoms with Crippen molar-refractivity contribution in [2.24, 2.45) is 0 Å². The van der Waals surface area contributed by atoms with Crippen LogP contribution in [0.2, 0.25) is 0 Å². The van der Waals surface area contributed by atoms with Crippen LogP contribution in [-0.4, -0.2) is 39.1 Å². The average Bonchev–Trinajstić information content (AvgIpc) is 2.56. The highest BCUT2D eigenvalue weighted by Crippen LogP contribution is 2.30. The number of anilines is 2. The van der Waals surface area contributed by atoms with Gasteiger partial charge in [-0.25, -0.2) is 8.42 Å². The van der Waals surface area contributed by atoms with Crippen LogP contribution in [0.5, 0.6) is 0 Å². The lowest BCUT2D eigenvalue weighted by molar-refractivity contribution is -0.384. The molecular weight excluding hydrogens is 382 g/mol. The molecule has 1 amide bonds. The van der Waals surface area contributed by atoms with Crippen molar-refractivity contribution in [2.45, 2.75) is 25.7 Å². The maximum absolute atomic E-state index is 12.5. The SMILES string of the molecule is Cc1cc(C)c(NC(=O)CN(C)c2ccc(S(C)(=O)=O)cc2[N+](=O)[O-])c(C)c1. The summed E-state index contributed by atoms with van der Waals surface area (Å²) in [7, 11) is -2.04. The Labute approximate surface area is 164 Å². The second kappa shape index (κ2) is 7.97. The van der Waals surface area contributed by atoms with Gasteiger partial charge in [-0.05, 0) is 44.0 Å². The highest BCUT2D eigenvalue weighted by atomic mass is 32.2. The molecule has 0 spiro atoms. The predicted octanol–water partition coefficient (Wildman–Crippen LogP) is 3.00. The third kappa shape index (κ3) is 4.86. The smallest absolute Gasteiger partial charge is 0.293 e. The molecule has 8 nitrogen and oxygen atoms in total. The molecule has 9 heteroatoms. The van der Waals surface area contributed by atoms with Crippen molar-refractivity contribution in [1.29, 1.82) is 0 Å². The van der Waals surface area contributed by atoms with E-state index in [1.165, 1.54) is 24.1 Å². The molecule has 150 valence electrons. The van der Waals surface area contributed by atoms with Crippen LogP contribution in [0.15, 0.2) is 35.2 Å². The van der Waals surface area contributed by atoms with Gasteiger partial charge in [-0.1, -0.05) is 17.7 Å². The molecule has 2 aromatic carbocycles. The molecule has 28 heavy (non-hydrogen) atoms. The van der Waals surface area contributed by atoms with E-state index < -0.39 is 14.8 Å². The second-order valence-corrected chi connectivity index (χ2v) is 8.87. The largest absolute Gasteiger partial charge is 0.360 e. The molecule has 0 aliphatic rings. The van der Waals surface area contributed by atoms with Gasteiger partial charge in [-0.2, -0.15) is 0 Å². The van der Waals surface area contributed by atoms with Crippen LogP contribution >= 0.6 is 0 Å². The van der Waals surface area contributed by atoms with Gasteiger partial charge in [0.1, 0.15) is 5.69 Å². The number of rotatable bonds is 6. The lowest BCUT2D eigenvalue weighted by Crippen LogP contribution is -2.31. The molecule has 0 fully saturated rings. The van der Waals surface area contributed by atoms with Crippen molar-refractivity contribution < 1.29 is 18.1 Å². The summed E-state index contributed by atoms with van der Waals surface area (Å²) in [6, 6.07) is 7.56.